The van der Waals surface area contributed by atoms with E-state index in [0.29, 0.717) is 12.1 Å². The predicted molar refractivity (Wildman–Crippen MR) is 68.4 cm³/mol. The van der Waals surface area contributed by atoms with E-state index in [0.717, 1.165) is 6.07 Å². The highest BCUT2D eigenvalue weighted by atomic mass is 35.5. The Balaban J connectivity index is 3.11. The predicted octanol–water partition coefficient (Wildman–Crippen LogP) is 2.36. The molecule has 0 spiro atoms. The van der Waals surface area contributed by atoms with Gasteiger partial charge in [0.25, 0.3) is 0 Å². The smallest absolute Gasteiger partial charge is 0.416 e. The van der Waals surface area contributed by atoms with E-state index in [4.69, 9.17) is 16.7 Å². The van der Waals surface area contributed by atoms with Crippen molar-refractivity contribution < 1.29 is 31.5 Å². The zero-order valence-corrected chi connectivity index (χ0v) is 12.2. The van der Waals surface area contributed by atoms with Crippen molar-refractivity contribution in [3.63, 3.8) is 0 Å². The van der Waals surface area contributed by atoms with Crippen LogP contribution in [-0.2, 0) is 21.0 Å². The molecule has 0 fully saturated rings. The quantitative estimate of drug-likeness (QED) is 0.858. The number of carboxylic acid groups (broad SMARTS) is 1. The van der Waals surface area contributed by atoms with Crippen LogP contribution in [0.1, 0.15) is 12.5 Å². The number of alkyl halides is 3. The first-order chi connectivity index (χ1) is 9.45. The molecule has 118 valence electrons. The van der Waals surface area contributed by atoms with Crippen LogP contribution >= 0.6 is 11.6 Å². The van der Waals surface area contributed by atoms with Gasteiger partial charge in [0.1, 0.15) is 4.90 Å². The zero-order valence-electron chi connectivity index (χ0n) is 10.6. The standard InChI is InChI=1S/C11H11ClF3NO4S/c1-6(10(17)18)5-16-21(19,20)9-4-7(11(13,14)15)2-3-8(9)12/h2-4,6,16H,5H2,1H3,(H,17,18). The summed E-state index contributed by atoms with van der Waals surface area (Å²) >= 11 is 5.61. The number of rotatable bonds is 5. The van der Waals surface area contributed by atoms with E-state index in [1.807, 2.05) is 4.72 Å². The second-order valence-corrected chi connectivity index (χ2v) is 6.38. The molecule has 5 nitrogen and oxygen atoms in total. The van der Waals surface area contributed by atoms with Crippen molar-refractivity contribution in [3.8, 4) is 0 Å². The van der Waals surface area contributed by atoms with Crippen molar-refractivity contribution in [1.29, 1.82) is 0 Å². The summed E-state index contributed by atoms with van der Waals surface area (Å²) < 4.78 is 63.4. The molecule has 0 heterocycles. The Hall–Kier alpha value is -1.32. The highest BCUT2D eigenvalue weighted by Crippen LogP contribution is 2.33. The topological polar surface area (TPSA) is 83.5 Å². The molecule has 0 aliphatic carbocycles. The molecule has 0 radical (unpaired) electrons. The number of carbonyl (C=O) groups is 1. The highest BCUT2D eigenvalue weighted by molar-refractivity contribution is 7.89. The third-order valence-corrected chi connectivity index (χ3v) is 4.45. The second-order valence-electron chi connectivity index (χ2n) is 4.23. The van der Waals surface area contributed by atoms with Gasteiger partial charge >= 0.3 is 12.1 Å². The minimum atomic E-state index is -4.72. The van der Waals surface area contributed by atoms with Crippen LogP contribution in [-0.4, -0.2) is 26.0 Å². The number of carboxylic acids is 1. The highest BCUT2D eigenvalue weighted by Gasteiger charge is 2.32. The van der Waals surface area contributed by atoms with Gasteiger partial charge in [-0.05, 0) is 18.2 Å². The molecule has 0 aliphatic heterocycles. The van der Waals surface area contributed by atoms with E-state index in [2.05, 4.69) is 0 Å². The maximum Gasteiger partial charge on any atom is 0.416 e. The Morgan fingerprint density at radius 3 is 2.48 bits per heavy atom. The number of nitrogens with one attached hydrogen (secondary N) is 1. The van der Waals surface area contributed by atoms with Gasteiger partial charge in [0.2, 0.25) is 10.0 Å². The molecule has 1 rings (SSSR count). The van der Waals surface area contributed by atoms with Crippen molar-refractivity contribution in [2.24, 2.45) is 5.92 Å². The van der Waals surface area contributed by atoms with Crippen LogP contribution in [0.5, 0.6) is 0 Å². The molecule has 1 unspecified atom stereocenters. The van der Waals surface area contributed by atoms with Gasteiger partial charge in [0.15, 0.2) is 0 Å². The summed E-state index contributed by atoms with van der Waals surface area (Å²) in [5, 5.41) is 8.25. The Labute approximate surface area is 123 Å². The van der Waals surface area contributed by atoms with Gasteiger partial charge in [-0.25, -0.2) is 13.1 Å². The molecule has 0 saturated heterocycles. The molecule has 0 aromatic heterocycles. The van der Waals surface area contributed by atoms with Gasteiger partial charge in [0, 0.05) is 6.54 Å². The van der Waals surface area contributed by atoms with Crippen molar-refractivity contribution in [1.82, 2.24) is 4.72 Å². The molecular weight excluding hydrogens is 335 g/mol. The van der Waals surface area contributed by atoms with Crippen LogP contribution in [0, 0.1) is 5.92 Å². The Kier molecular flexibility index (Phi) is 5.24. The van der Waals surface area contributed by atoms with Gasteiger partial charge in [-0.15, -0.1) is 0 Å². The number of halogens is 4. The average molecular weight is 346 g/mol. The zero-order chi connectivity index (χ0) is 16.4. The van der Waals surface area contributed by atoms with Crippen LogP contribution in [0.2, 0.25) is 5.02 Å². The van der Waals surface area contributed by atoms with Gasteiger partial charge in [-0.3, -0.25) is 4.79 Å². The van der Waals surface area contributed by atoms with Crippen molar-refractivity contribution >= 4 is 27.6 Å². The van der Waals surface area contributed by atoms with E-state index < -0.39 is 50.1 Å². The number of sulfonamides is 1. The molecule has 10 heteroatoms. The maximum atomic E-state index is 12.6. The Morgan fingerprint density at radius 1 is 1.43 bits per heavy atom. The van der Waals surface area contributed by atoms with E-state index in [-0.39, 0.29) is 0 Å². The minimum Gasteiger partial charge on any atom is -0.481 e. The largest absolute Gasteiger partial charge is 0.481 e. The maximum absolute atomic E-state index is 12.6. The molecule has 0 amide bonds. The van der Waals surface area contributed by atoms with Crippen molar-refractivity contribution in [3.05, 3.63) is 28.8 Å². The lowest BCUT2D eigenvalue weighted by molar-refractivity contribution is -0.141. The fourth-order valence-corrected chi connectivity index (χ4v) is 2.94. The fraction of sp³-hybridized carbons (Fsp3) is 0.364. The molecule has 0 aliphatic rings. The number of hydrogen-bond acceptors (Lipinski definition) is 3. The minimum absolute atomic E-state index is 0.390. The SMILES string of the molecule is CC(CNS(=O)(=O)c1cc(C(F)(F)F)ccc1Cl)C(=O)O. The number of benzene rings is 1. The van der Waals surface area contributed by atoms with Gasteiger partial charge in [-0.1, -0.05) is 18.5 Å². The molecule has 2 N–H and O–H groups in total. The summed E-state index contributed by atoms with van der Waals surface area (Å²) in [5.41, 5.74) is -1.17. The lowest BCUT2D eigenvalue weighted by Gasteiger charge is -2.13. The molecule has 0 saturated carbocycles. The molecule has 1 aromatic carbocycles. The molecule has 1 aromatic rings. The van der Waals surface area contributed by atoms with E-state index in [1.54, 1.807) is 0 Å². The van der Waals surface area contributed by atoms with Crippen LogP contribution in [0.3, 0.4) is 0 Å². The van der Waals surface area contributed by atoms with Crippen LogP contribution < -0.4 is 4.72 Å². The first-order valence-corrected chi connectivity index (χ1v) is 7.40. The first-order valence-electron chi connectivity index (χ1n) is 5.54. The number of hydrogen-bond donors (Lipinski definition) is 2. The van der Waals surface area contributed by atoms with Crippen LogP contribution in [0.25, 0.3) is 0 Å². The lowest BCUT2D eigenvalue weighted by atomic mass is 10.2. The molecule has 1 atom stereocenters. The van der Waals surface area contributed by atoms with Gasteiger partial charge in [0.05, 0.1) is 16.5 Å². The van der Waals surface area contributed by atoms with Crippen LogP contribution in [0.15, 0.2) is 23.1 Å². The van der Waals surface area contributed by atoms with Crippen molar-refractivity contribution in [2.45, 2.75) is 18.0 Å². The summed E-state index contributed by atoms with van der Waals surface area (Å²) in [6, 6.07) is 1.87. The monoisotopic (exact) mass is 345 g/mol. The third kappa shape index (κ3) is 4.58. The molecule has 21 heavy (non-hydrogen) atoms. The Morgan fingerprint density at radius 2 is 2.00 bits per heavy atom. The summed E-state index contributed by atoms with van der Waals surface area (Å²) in [4.78, 5) is 9.84. The van der Waals surface area contributed by atoms with E-state index in [1.165, 1.54) is 6.92 Å². The Bertz CT molecular complexity index is 645. The summed E-state index contributed by atoms with van der Waals surface area (Å²) in [5.74, 6) is -2.28. The fourth-order valence-electron chi connectivity index (χ4n) is 1.29. The lowest BCUT2D eigenvalue weighted by Crippen LogP contribution is -2.31. The summed E-state index contributed by atoms with van der Waals surface area (Å²) in [7, 11) is -4.35. The molecular formula is C11H11ClF3NO4S. The molecule has 0 bridgehead atoms. The first kappa shape index (κ1) is 17.7. The van der Waals surface area contributed by atoms with Gasteiger partial charge < -0.3 is 5.11 Å². The summed E-state index contributed by atoms with van der Waals surface area (Å²) in [6.07, 6.45) is -4.72. The van der Waals surface area contributed by atoms with Gasteiger partial charge in [-0.2, -0.15) is 13.2 Å². The van der Waals surface area contributed by atoms with Crippen molar-refractivity contribution in [2.75, 3.05) is 6.54 Å². The normalized spacial score (nSPS) is 14.0. The number of aliphatic carboxylic acids is 1. The van der Waals surface area contributed by atoms with E-state index in [9.17, 15) is 26.4 Å². The van der Waals surface area contributed by atoms with Crippen LogP contribution in [0.4, 0.5) is 13.2 Å². The average Bonchev–Trinajstić information content (AvgIpc) is 2.34. The van der Waals surface area contributed by atoms with E-state index >= 15 is 0 Å². The second kappa shape index (κ2) is 6.20. The summed E-state index contributed by atoms with van der Waals surface area (Å²) in [6.45, 7) is 0.781. The third-order valence-electron chi connectivity index (χ3n) is 2.55.